The molecule has 0 bridgehead atoms. The van der Waals surface area contributed by atoms with Crippen molar-refractivity contribution in [1.29, 1.82) is 0 Å². The van der Waals surface area contributed by atoms with Crippen LogP contribution in [0.5, 0.6) is 5.75 Å². The maximum Gasteiger partial charge on any atom is 0.189 e. The third-order valence-corrected chi connectivity index (χ3v) is 4.40. The number of aromatic nitrogens is 2. The first-order valence-electron chi connectivity index (χ1n) is 8.24. The molecule has 0 spiro atoms. The van der Waals surface area contributed by atoms with Crippen LogP contribution in [0.15, 0.2) is 40.8 Å². The van der Waals surface area contributed by atoms with E-state index in [4.69, 9.17) is 20.8 Å². The molecule has 0 aliphatic carbocycles. The Hall–Kier alpha value is -2.86. The van der Waals surface area contributed by atoms with Crippen LogP contribution in [0.2, 0.25) is 5.02 Å². The van der Waals surface area contributed by atoms with Gasteiger partial charge in [0.15, 0.2) is 5.78 Å². The van der Waals surface area contributed by atoms with Gasteiger partial charge in [-0.2, -0.15) is 5.10 Å². The number of ether oxygens (including phenoxy) is 1. The van der Waals surface area contributed by atoms with Gasteiger partial charge in [0.1, 0.15) is 29.7 Å². The van der Waals surface area contributed by atoms with Crippen LogP contribution in [0.4, 0.5) is 4.39 Å². The van der Waals surface area contributed by atoms with Crippen LogP contribution in [0, 0.1) is 19.7 Å². The molecule has 0 saturated heterocycles. The molecule has 3 rings (SSSR count). The van der Waals surface area contributed by atoms with Crippen LogP contribution in [-0.2, 0) is 13.7 Å². The molecular formula is C20H18ClFN2O3. The van der Waals surface area contributed by atoms with E-state index in [-0.39, 0.29) is 17.4 Å². The average molecular weight is 389 g/mol. The summed E-state index contributed by atoms with van der Waals surface area (Å²) >= 11 is 5.92. The normalized spacial score (nSPS) is 11.3. The molecule has 3 aromatic rings. The molecule has 0 radical (unpaired) electrons. The second-order valence-electron chi connectivity index (χ2n) is 6.03. The van der Waals surface area contributed by atoms with Crippen LogP contribution < -0.4 is 4.74 Å². The van der Waals surface area contributed by atoms with Gasteiger partial charge < -0.3 is 9.15 Å². The fourth-order valence-corrected chi connectivity index (χ4v) is 2.90. The lowest BCUT2D eigenvalue weighted by Crippen LogP contribution is -1.99. The SMILES string of the molecule is Cc1nn(C)c(C)c1C(=O)/C=C/c1ccc(COc2ccc(F)cc2Cl)o1. The smallest absolute Gasteiger partial charge is 0.189 e. The Morgan fingerprint density at radius 3 is 2.78 bits per heavy atom. The molecule has 2 aromatic heterocycles. The third kappa shape index (κ3) is 4.28. The Labute approximate surface area is 161 Å². The maximum atomic E-state index is 13.0. The summed E-state index contributed by atoms with van der Waals surface area (Å²) in [5, 5.41) is 4.43. The standard InChI is InChI=1S/C20H18ClFN2O3/c1-12-20(13(2)24(3)23-12)18(25)8-7-15-5-6-16(27-15)11-26-19-9-4-14(22)10-17(19)21/h4-10H,11H2,1-3H3/b8-7+. The summed E-state index contributed by atoms with van der Waals surface area (Å²) < 4.78 is 25.9. The third-order valence-electron chi connectivity index (χ3n) is 4.10. The minimum Gasteiger partial charge on any atom is -0.484 e. The second kappa shape index (κ2) is 7.80. The van der Waals surface area contributed by atoms with Gasteiger partial charge in [0, 0.05) is 12.7 Å². The van der Waals surface area contributed by atoms with Crippen LogP contribution in [0.3, 0.4) is 0 Å². The van der Waals surface area contributed by atoms with E-state index in [0.717, 1.165) is 5.69 Å². The van der Waals surface area contributed by atoms with Crippen molar-refractivity contribution in [2.24, 2.45) is 7.05 Å². The van der Waals surface area contributed by atoms with E-state index in [0.29, 0.717) is 28.5 Å². The van der Waals surface area contributed by atoms with E-state index in [9.17, 15) is 9.18 Å². The fourth-order valence-electron chi connectivity index (χ4n) is 2.67. The van der Waals surface area contributed by atoms with Gasteiger partial charge in [-0.05, 0) is 56.3 Å². The van der Waals surface area contributed by atoms with Gasteiger partial charge in [0.05, 0.1) is 16.3 Å². The zero-order valence-electron chi connectivity index (χ0n) is 15.1. The summed E-state index contributed by atoms with van der Waals surface area (Å²) in [6.45, 7) is 3.79. The molecule has 0 amide bonds. The maximum absolute atomic E-state index is 13.0. The Morgan fingerprint density at radius 2 is 2.11 bits per heavy atom. The van der Waals surface area contributed by atoms with Gasteiger partial charge in [-0.1, -0.05) is 11.6 Å². The van der Waals surface area contributed by atoms with Crippen molar-refractivity contribution in [3.05, 3.63) is 75.7 Å². The Bertz CT molecular complexity index is 1020. The summed E-state index contributed by atoms with van der Waals surface area (Å²) in [6.07, 6.45) is 3.06. The molecule has 0 unspecified atom stereocenters. The number of nitrogens with zero attached hydrogens (tertiary/aromatic N) is 2. The number of halogens is 2. The lowest BCUT2D eigenvalue weighted by atomic mass is 10.1. The number of carbonyl (C=O) groups excluding carboxylic acids is 1. The van der Waals surface area contributed by atoms with Crippen LogP contribution in [-0.4, -0.2) is 15.6 Å². The number of aryl methyl sites for hydroxylation is 2. The second-order valence-corrected chi connectivity index (χ2v) is 6.44. The highest BCUT2D eigenvalue weighted by atomic mass is 35.5. The van der Waals surface area contributed by atoms with Crippen molar-refractivity contribution in [3.8, 4) is 5.75 Å². The highest BCUT2D eigenvalue weighted by Gasteiger charge is 2.15. The minimum atomic E-state index is -0.429. The molecule has 0 atom stereocenters. The molecule has 0 aliphatic rings. The number of ketones is 1. The van der Waals surface area contributed by atoms with Gasteiger partial charge in [-0.25, -0.2) is 4.39 Å². The van der Waals surface area contributed by atoms with Crippen molar-refractivity contribution in [2.45, 2.75) is 20.5 Å². The first-order chi connectivity index (χ1) is 12.8. The van der Waals surface area contributed by atoms with Gasteiger partial charge >= 0.3 is 0 Å². The number of rotatable bonds is 6. The highest BCUT2D eigenvalue weighted by molar-refractivity contribution is 6.32. The molecule has 1 aromatic carbocycles. The van der Waals surface area contributed by atoms with Crippen molar-refractivity contribution in [2.75, 3.05) is 0 Å². The highest BCUT2D eigenvalue weighted by Crippen LogP contribution is 2.26. The molecule has 27 heavy (non-hydrogen) atoms. The van der Waals surface area contributed by atoms with Crippen molar-refractivity contribution in [1.82, 2.24) is 9.78 Å². The predicted octanol–water partition coefficient (Wildman–Crippen LogP) is 4.90. The van der Waals surface area contributed by atoms with E-state index >= 15 is 0 Å². The molecule has 7 heteroatoms. The molecular weight excluding hydrogens is 371 g/mol. The molecule has 140 valence electrons. The topological polar surface area (TPSA) is 57.3 Å². The molecule has 0 saturated carbocycles. The van der Waals surface area contributed by atoms with Gasteiger partial charge in [-0.15, -0.1) is 0 Å². The van der Waals surface area contributed by atoms with Crippen LogP contribution >= 0.6 is 11.6 Å². The van der Waals surface area contributed by atoms with E-state index in [1.54, 1.807) is 36.9 Å². The quantitative estimate of drug-likeness (QED) is 0.445. The predicted molar refractivity (Wildman–Crippen MR) is 100 cm³/mol. The number of hydrogen-bond acceptors (Lipinski definition) is 4. The van der Waals surface area contributed by atoms with E-state index in [1.807, 2.05) is 6.92 Å². The number of furan rings is 1. The Morgan fingerprint density at radius 1 is 1.33 bits per heavy atom. The number of allylic oxidation sites excluding steroid dienone is 1. The lowest BCUT2D eigenvalue weighted by molar-refractivity contribution is 0.104. The molecule has 0 N–H and O–H groups in total. The van der Waals surface area contributed by atoms with E-state index < -0.39 is 5.82 Å². The van der Waals surface area contributed by atoms with Crippen LogP contribution in [0.1, 0.15) is 33.3 Å². The largest absolute Gasteiger partial charge is 0.484 e. The van der Waals surface area contributed by atoms with E-state index in [1.165, 1.54) is 24.3 Å². The van der Waals surface area contributed by atoms with Gasteiger partial charge in [-0.3, -0.25) is 9.48 Å². The molecule has 2 heterocycles. The summed E-state index contributed by atoms with van der Waals surface area (Å²) in [4.78, 5) is 12.4. The van der Waals surface area contributed by atoms with Gasteiger partial charge in [0.2, 0.25) is 0 Å². The average Bonchev–Trinajstić information content (AvgIpc) is 3.16. The van der Waals surface area contributed by atoms with Gasteiger partial charge in [0.25, 0.3) is 0 Å². The number of benzene rings is 1. The molecule has 0 fully saturated rings. The lowest BCUT2D eigenvalue weighted by Gasteiger charge is -2.05. The number of carbonyl (C=O) groups is 1. The van der Waals surface area contributed by atoms with Crippen molar-refractivity contribution >= 4 is 23.5 Å². The monoisotopic (exact) mass is 388 g/mol. The van der Waals surface area contributed by atoms with Crippen molar-refractivity contribution < 1.29 is 18.3 Å². The summed E-state index contributed by atoms with van der Waals surface area (Å²) in [6, 6.07) is 7.38. The summed E-state index contributed by atoms with van der Waals surface area (Å²) in [5.74, 6) is 0.874. The Balaban J connectivity index is 1.65. The van der Waals surface area contributed by atoms with E-state index in [2.05, 4.69) is 5.10 Å². The first kappa shape index (κ1) is 18.9. The van der Waals surface area contributed by atoms with Crippen molar-refractivity contribution in [3.63, 3.8) is 0 Å². The zero-order valence-corrected chi connectivity index (χ0v) is 15.9. The summed E-state index contributed by atoms with van der Waals surface area (Å²) in [7, 11) is 1.80. The van der Waals surface area contributed by atoms with Crippen LogP contribution in [0.25, 0.3) is 6.08 Å². The fraction of sp³-hybridized carbons (Fsp3) is 0.200. The minimum absolute atomic E-state index is 0.133. The Kier molecular flexibility index (Phi) is 5.46. The zero-order chi connectivity index (χ0) is 19.6. The molecule has 0 aliphatic heterocycles. The first-order valence-corrected chi connectivity index (χ1v) is 8.62. The molecule has 5 nitrogen and oxygen atoms in total. The summed E-state index contributed by atoms with van der Waals surface area (Å²) in [5.41, 5.74) is 2.09. The number of hydrogen-bond donors (Lipinski definition) is 0.